The molecular formula is C10H22Cl2CuN2. The molecule has 2 nitrogen and oxygen atoms in total. The molecule has 1 radical (unpaired) electrons. The van der Waals surface area contributed by atoms with Crippen LogP contribution in [0.4, 0.5) is 0 Å². The van der Waals surface area contributed by atoms with Gasteiger partial charge in [-0.2, -0.15) is 0 Å². The first kappa shape index (κ1) is 21.3. The van der Waals surface area contributed by atoms with Crippen LogP contribution in [0.5, 0.6) is 0 Å². The molecule has 5 heteroatoms. The number of rotatable bonds is 4. The van der Waals surface area contributed by atoms with Crippen molar-refractivity contribution in [1.82, 2.24) is 10.6 Å². The van der Waals surface area contributed by atoms with E-state index in [9.17, 15) is 0 Å². The number of likely N-dealkylation sites (N-methyl/N-ethyl adjacent to an activating group) is 2. The molecule has 0 spiro atoms. The van der Waals surface area contributed by atoms with Crippen LogP contribution in [0.1, 0.15) is 39.5 Å². The van der Waals surface area contributed by atoms with Crippen molar-refractivity contribution in [2.75, 3.05) is 13.1 Å². The van der Waals surface area contributed by atoms with E-state index in [1.807, 2.05) is 0 Å². The third-order valence-corrected chi connectivity index (χ3v) is 2.70. The van der Waals surface area contributed by atoms with E-state index in [1.165, 1.54) is 25.7 Å². The minimum Gasteiger partial charge on any atom is -1.00 e. The SMILES string of the molecule is CCNC1CCCCC1NCC.[Cl-].[Cl-].[Cu+2]. The first-order valence-electron chi connectivity index (χ1n) is 5.35. The van der Waals surface area contributed by atoms with E-state index in [0.717, 1.165) is 25.2 Å². The van der Waals surface area contributed by atoms with Crippen LogP contribution in [0.15, 0.2) is 0 Å². The van der Waals surface area contributed by atoms with E-state index >= 15 is 0 Å². The number of nitrogens with one attached hydrogen (secondary N) is 2. The summed E-state index contributed by atoms with van der Waals surface area (Å²) in [7, 11) is 0. The van der Waals surface area contributed by atoms with Gasteiger partial charge >= 0.3 is 17.1 Å². The summed E-state index contributed by atoms with van der Waals surface area (Å²) < 4.78 is 0. The van der Waals surface area contributed by atoms with Crippen molar-refractivity contribution < 1.29 is 41.9 Å². The number of hydrogen-bond donors (Lipinski definition) is 2. The Hall–Kier alpha value is 1.02. The molecule has 0 aromatic heterocycles. The Morgan fingerprint density at radius 2 is 1.20 bits per heavy atom. The Kier molecular flexibility index (Phi) is 18.6. The third kappa shape index (κ3) is 7.84. The van der Waals surface area contributed by atoms with Gasteiger partial charge in [-0.25, -0.2) is 0 Å². The zero-order valence-electron chi connectivity index (χ0n) is 9.45. The second kappa shape index (κ2) is 13.1. The fourth-order valence-corrected chi connectivity index (χ4v) is 2.14. The van der Waals surface area contributed by atoms with E-state index in [4.69, 9.17) is 0 Å². The molecule has 97 valence electrons. The van der Waals surface area contributed by atoms with Crippen molar-refractivity contribution in [1.29, 1.82) is 0 Å². The fourth-order valence-electron chi connectivity index (χ4n) is 2.14. The van der Waals surface area contributed by atoms with Gasteiger partial charge in [0.25, 0.3) is 0 Å². The second-order valence-electron chi connectivity index (χ2n) is 3.61. The molecule has 15 heavy (non-hydrogen) atoms. The summed E-state index contributed by atoms with van der Waals surface area (Å²) in [6.45, 7) is 6.59. The van der Waals surface area contributed by atoms with Crippen molar-refractivity contribution in [2.24, 2.45) is 0 Å². The molecule has 1 rings (SSSR count). The minimum atomic E-state index is 0. The average Bonchev–Trinajstić information content (AvgIpc) is 2.09. The first-order chi connectivity index (χ1) is 5.88. The Labute approximate surface area is 117 Å². The summed E-state index contributed by atoms with van der Waals surface area (Å²) in [6, 6.07) is 1.45. The molecule has 1 saturated carbocycles. The zero-order chi connectivity index (χ0) is 8.81. The summed E-state index contributed by atoms with van der Waals surface area (Å²) >= 11 is 0. The molecule has 2 unspecified atom stereocenters. The van der Waals surface area contributed by atoms with E-state index in [2.05, 4.69) is 24.5 Å². The van der Waals surface area contributed by atoms with E-state index < -0.39 is 0 Å². The van der Waals surface area contributed by atoms with Gasteiger partial charge in [-0.05, 0) is 25.9 Å². The maximum absolute atomic E-state index is 3.56. The van der Waals surface area contributed by atoms with Crippen molar-refractivity contribution in [3.63, 3.8) is 0 Å². The van der Waals surface area contributed by atoms with Gasteiger partial charge in [0.1, 0.15) is 0 Å². The third-order valence-electron chi connectivity index (χ3n) is 2.70. The first-order valence-corrected chi connectivity index (χ1v) is 5.35. The molecule has 0 bridgehead atoms. The molecular weight excluding hydrogens is 283 g/mol. The van der Waals surface area contributed by atoms with Crippen LogP contribution in [-0.2, 0) is 17.1 Å². The molecule has 0 aromatic carbocycles. The molecule has 0 amide bonds. The molecule has 0 saturated heterocycles. The number of hydrogen-bond acceptors (Lipinski definition) is 2. The maximum Gasteiger partial charge on any atom is 2.00 e. The molecule has 2 N–H and O–H groups in total. The van der Waals surface area contributed by atoms with Gasteiger partial charge in [0, 0.05) is 12.1 Å². The molecule has 2 atom stereocenters. The molecule has 1 aliphatic carbocycles. The average molecular weight is 305 g/mol. The molecule has 0 aromatic rings. The van der Waals surface area contributed by atoms with Gasteiger partial charge in [-0.15, -0.1) is 0 Å². The largest absolute Gasteiger partial charge is 2.00 e. The van der Waals surface area contributed by atoms with Gasteiger partial charge < -0.3 is 35.4 Å². The van der Waals surface area contributed by atoms with Gasteiger partial charge in [-0.3, -0.25) is 0 Å². The predicted octanol–water partition coefficient (Wildman–Crippen LogP) is -4.48. The summed E-state index contributed by atoms with van der Waals surface area (Å²) in [6.07, 6.45) is 5.51. The van der Waals surface area contributed by atoms with Crippen LogP contribution >= 0.6 is 0 Å². The van der Waals surface area contributed by atoms with Gasteiger partial charge in [0.05, 0.1) is 0 Å². The van der Waals surface area contributed by atoms with Crippen molar-refractivity contribution in [3.05, 3.63) is 0 Å². The summed E-state index contributed by atoms with van der Waals surface area (Å²) in [5.74, 6) is 0. The Balaban J connectivity index is -0.000000480. The van der Waals surface area contributed by atoms with Crippen LogP contribution in [0.2, 0.25) is 0 Å². The van der Waals surface area contributed by atoms with E-state index in [-0.39, 0.29) is 41.9 Å². The van der Waals surface area contributed by atoms with Gasteiger partial charge in [0.15, 0.2) is 0 Å². The van der Waals surface area contributed by atoms with Gasteiger partial charge in [0.2, 0.25) is 0 Å². The van der Waals surface area contributed by atoms with Crippen LogP contribution in [0.25, 0.3) is 0 Å². The van der Waals surface area contributed by atoms with E-state index in [1.54, 1.807) is 0 Å². The maximum atomic E-state index is 3.56. The molecule has 1 fully saturated rings. The van der Waals surface area contributed by atoms with Crippen LogP contribution in [-0.4, -0.2) is 25.2 Å². The predicted molar refractivity (Wildman–Crippen MR) is 53.4 cm³/mol. The Bertz CT molecular complexity index is 110. The smallest absolute Gasteiger partial charge is 1.00 e. The quantitative estimate of drug-likeness (QED) is 0.512. The van der Waals surface area contributed by atoms with Crippen molar-refractivity contribution in [3.8, 4) is 0 Å². The fraction of sp³-hybridized carbons (Fsp3) is 1.00. The zero-order valence-corrected chi connectivity index (χ0v) is 11.9. The monoisotopic (exact) mass is 303 g/mol. The van der Waals surface area contributed by atoms with Gasteiger partial charge in [-0.1, -0.05) is 26.7 Å². The molecule has 0 heterocycles. The molecule has 0 aliphatic heterocycles. The second-order valence-corrected chi connectivity index (χ2v) is 3.61. The van der Waals surface area contributed by atoms with Crippen molar-refractivity contribution >= 4 is 0 Å². The molecule has 1 aliphatic rings. The van der Waals surface area contributed by atoms with Crippen molar-refractivity contribution in [2.45, 2.75) is 51.6 Å². The minimum absolute atomic E-state index is 0. The Morgan fingerprint density at radius 3 is 1.47 bits per heavy atom. The number of halogens is 2. The van der Waals surface area contributed by atoms with Crippen LogP contribution in [0, 0.1) is 0 Å². The standard InChI is InChI=1S/C10H22N2.2ClH.Cu/c1-3-11-9-7-5-6-8-10(9)12-4-2;;;/h9-12H,3-8H2,1-2H3;2*1H;/q;;;+2/p-2. The normalized spacial score (nSPS) is 24.4. The van der Waals surface area contributed by atoms with E-state index in [0.29, 0.717) is 0 Å². The summed E-state index contributed by atoms with van der Waals surface area (Å²) in [5, 5.41) is 7.11. The van der Waals surface area contributed by atoms with Crippen LogP contribution in [0.3, 0.4) is 0 Å². The Morgan fingerprint density at radius 1 is 0.867 bits per heavy atom. The van der Waals surface area contributed by atoms with Crippen LogP contribution < -0.4 is 35.4 Å². The topological polar surface area (TPSA) is 24.1 Å². The summed E-state index contributed by atoms with van der Waals surface area (Å²) in [4.78, 5) is 0. The summed E-state index contributed by atoms with van der Waals surface area (Å²) in [5.41, 5.74) is 0.